The second-order valence-corrected chi connectivity index (χ2v) is 4.34. The molecule has 16 heavy (non-hydrogen) atoms. The number of dihydropyridines is 1. The molecule has 86 valence electrons. The van der Waals surface area contributed by atoms with Crippen LogP contribution in [0.25, 0.3) is 0 Å². The van der Waals surface area contributed by atoms with Gasteiger partial charge in [-0.3, -0.25) is 9.59 Å². The van der Waals surface area contributed by atoms with E-state index < -0.39 is 0 Å². The van der Waals surface area contributed by atoms with E-state index >= 15 is 0 Å². The highest BCUT2D eigenvalue weighted by Gasteiger charge is 2.21. The molecule has 4 heteroatoms. The maximum atomic E-state index is 11.8. The molecule has 2 aliphatic rings. The van der Waals surface area contributed by atoms with Crippen molar-refractivity contribution in [3.05, 3.63) is 12.2 Å². The van der Waals surface area contributed by atoms with Crippen LogP contribution in [0.4, 0.5) is 0 Å². The summed E-state index contributed by atoms with van der Waals surface area (Å²) in [5, 5.41) is 3.01. The molecule has 0 aromatic carbocycles. The third-order valence-corrected chi connectivity index (χ3v) is 3.06. The molecule has 2 amide bonds. The minimum absolute atomic E-state index is 0.0422. The van der Waals surface area contributed by atoms with Crippen LogP contribution in [0.2, 0.25) is 0 Å². The van der Waals surface area contributed by atoms with Crippen LogP contribution in [0.15, 0.2) is 17.1 Å². The normalized spacial score (nSPS) is 25.8. The smallest absolute Gasteiger partial charge is 0.269 e. The molecular weight excluding hydrogens is 204 g/mol. The van der Waals surface area contributed by atoms with E-state index in [4.69, 9.17) is 0 Å². The lowest BCUT2D eigenvalue weighted by atomic mass is 9.95. The van der Waals surface area contributed by atoms with Gasteiger partial charge in [-0.05, 0) is 12.8 Å². The van der Waals surface area contributed by atoms with E-state index in [1.54, 1.807) is 6.08 Å². The molecule has 1 N–H and O–H groups in total. The first-order valence-electron chi connectivity index (χ1n) is 5.82. The van der Waals surface area contributed by atoms with Gasteiger partial charge in [-0.2, -0.15) is 0 Å². The third-order valence-electron chi connectivity index (χ3n) is 3.06. The molecule has 0 saturated heterocycles. The zero-order valence-corrected chi connectivity index (χ0v) is 9.19. The molecule has 0 spiro atoms. The van der Waals surface area contributed by atoms with E-state index in [0.717, 1.165) is 12.8 Å². The fraction of sp³-hybridized carbons (Fsp3) is 0.583. The highest BCUT2D eigenvalue weighted by atomic mass is 16.2. The van der Waals surface area contributed by atoms with Crippen LogP contribution in [0, 0.1) is 5.92 Å². The first-order valence-corrected chi connectivity index (χ1v) is 5.82. The Morgan fingerprint density at radius 2 is 2.06 bits per heavy atom. The molecule has 1 aliphatic carbocycles. The average Bonchev–Trinajstić information content (AvgIpc) is 2.31. The first-order chi connectivity index (χ1) is 7.75. The number of nitrogens with zero attached hydrogens (tertiary/aromatic N) is 1. The van der Waals surface area contributed by atoms with E-state index in [-0.39, 0.29) is 17.7 Å². The third kappa shape index (κ3) is 2.78. The Morgan fingerprint density at radius 1 is 1.31 bits per heavy atom. The Balaban J connectivity index is 1.85. The van der Waals surface area contributed by atoms with Crippen LogP contribution in [0.3, 0.4) is 0 Å². The molecule has 4 nitrogen and oxygen atoms in total. The summed E-state index contributed by atoms with van der Waals surface area (Å²) in [6.07, 6.45) is 10.2. The van der Waals surface area contributed by atoms with Gasteiger partial charge >= 0.3 is 0 Å². The Bertz CT molecular complexity index is 325. The van der Waals surface area contributed by atoms with Crippen molar-refractivity contribution in [2.24, 2.45) is 10.9 Å². The molecular formula is C12H16N2O2. The van der Waals surface area contributed by atoms with Crippen LogP contribution in [-0.2, 0) is 9.59 Å². The summed E-state index contributed by atoms with van der Waals surface area (Å²) in [5.74, 6) is -0.708. The standard InChI is InChI=1S/C12H16N2O2/c15-11-7-6-9(8-13-11)12(16)14-10-4-2-1-3-5-10/h6-10H,1-5H2,(H,14,16). The van der Waals surface area contributed by atoms with Crippen molar-refractivity contribution in [3.8, 4) is 0 Å². The van der Waals surface area contributed by atoms with E-state index in [2.05, 4.69) is 10.3 Å². The van der Waals surface area contributed by atoms with Gasteiger partial charge in [-0.25, -0.2) is 4.99 Å². The lowest BCUT2D eigenvalue weighted by Gasteiger charge is -2.24. The van der Waals surface area contributed by atoms with Crippen LogP contribution >= 0.6 is 0 Å². The molecule has 0 aromatic rings. The highest BCUT2D eigenvalue weighted by molar-refractivity contribution is 6.05. The second-order valence-electron chi connectivity index (χ2n) is 4.34. The largest absolute Gasteiger partial charge is 0.353 e. The van der Waals surface area contributed by atoms with Crippen molar-refractivity contribution in [3.63, 3.8) is 0 Å². The maximum Gasteiger partial charge on any atom is 0.269 e. The highest BCUT2D eigenvalue weighted by Crippen LogP contribution is 2.17. The van der Waals surface area contributed by atoms with Gasteiger partial charge in [0.15, 0.2) is 0 Å². The summed E-state index contributed by atoms with van der Waals surface area (Å²) >= 11 is 0. The van der Waals surface area contributed by atoms with Crippen molar-refractivity contribution >= 4 is 18.0 Å². The number of hydrogen-bond acceptors (Lipinski definition) is 2. The van der Waals surface area contributed by atoms with Gasteiger partial charge in [0, 0.05) is 18.3 Å². The number of nitrogens with one attached hydrogen (secondary N) is 1. The summed E-state index contributed by atoms with van der Waals surface area (Å²) in [5.41, 5.74) is 0. The minimum Gasteiger partial charge on any atom is -0.353 e. The number of aliphatic imine (C=N–C) groups is 1. The first kappa shape index (κ1) is 11.0. The Labute approximate surface area is 94.8 Å². The lowest BCUT2D eigenvalue weighted by molar-refractivity contribution is -0.122. The lowest BCUT2D eigenvalue weighted by Crippen LogP contribution is -2.40. The molecule has 1 atom stereocenters. The number of rotatable bonds is 2. The summed E-state index contributed by atoms with van der Waals surface area (Å²) in [6, 6.07) is 0.306. The van der Waals surface area contributed by atoms with Gasteiger partial charge in [-0.15, -0.1) is 0 Å². The van der Waals surface area contributed by atoms with Crippen molar-refractivity contribution in [2.45, 2.75) is 38.1 Å². The average molecular weight is 220 g/mol. The number of amides is 2. The van der Waals surface area contributed by atoms with Gasteiger partial charge in [0.2, 0.25) is 5.91 Å². The molecule has 1 heterocycles. The Kier molecular flexibility index (Phi) is 3.49. The number of hydrogen-bond donors (Lipinski definition) is 1. The summed E-state index contributed by atoms with van der Waals surface area (Å²) in [7, 11) is 0. The molecule has 1 fully saturated rings. The van der Waals surface area contributed by atoms with Crippen LogP contribution in [0.1, 0.15) is 32.1 Å². The molecule has 2 rings (SSSR count). The number of carbonyl (C=O) groups is 2. The summed E-state index contributed by atoms with van der Waals surface area (Å²) < 4.78 is 0. The van der Waals surface area contributed by atoms with Gasteiger partial charge in [-0.1, -0.05) is 25.3 Å². The molecule has 0 radical (unpaired) electrons. The van der Waals surface area contributed by atoms with Crippen LogP contribution in [-0.4, -0.2) is 24.1 Å². The second kappa shape index (κ2) is 5.05. The predicted molar refractivity (Wildman–Crippen MR) is 61.1 cm³/mol. The van der Waals surface area contributed by atoms with Gasteiger partial charge in [0.25, 0.3) is 5.91 Å². The van der Waals surface area contributed by atoms with Crippen molar-refractivity contribution in [1.82, 2.24) is 5.32 Å². The molecule has 1 unspecified atom stereocenters. The molecule has 0 bridgehead atoms. The van der Waals surface area contributed by atoms with E-state index in [0.29, 0.717) is 6.04 Å². The van der Waals surface area contributed by atoms with E-state index in [1.807, 2.05) is 0 Å². The SMILES string of the molecule is O=C1C=CC(C(=O)NC2CCCCC2)C=N1. The van der Waals surface area contributed by atoms with Gasteiger partial charge < -0.3 is 5.32 Å². The zero-order chi connectivity index (χ0) is 11.4. The zero-order valence-electron chi connectivity index (χ0n) is 9.19. The fourth-order valence-corrected chi connectivity index (χ4v) is 2.13. The summed E-state index contributed by atoms with van der Waals surface area (Å²) in [4.78, 5) is 26.2. The Morgan fingerprint density at radius 3 is 2.69 bits per heavy atom. The van der Waals surface area contributed by atoms with Crippen molar-refractivity contribution in [2.75, 3.05) is 0 Å². The number of carbonyl (C=O) groups excluding carboxylic acids is 2. The summed E-state index contributed by atoms with van der Waals surface area (Å²) in [6.45, 7) is 0. The predicted octanol–water partition coefficient (Wildman–Crippen LogP) is 1.22. The fourth-order valence-electron chi connectivity index (χ4n) is 2.13. The molecule has 1 saturated carbocycles. The van der Waals surface area contributed by atoms with E-state index in [9.17, 15) is 9.59 Å². The van der Waals surface area contributed by atoms with Crippen LogP contribution < -0.4 is 5.32 Å². The Hall–Kier alpha value is -1.45. The molecule has 0 aromatic heterocycles. The minimum atomic E-state index is -0.375. The van der Waals surface area contributed by atoms with Gasteiger partial charge in [0.05, 0.1) is 5.92 Å². The van der Waals surface area contributed by atoms with Crippen molar-refractivity contribution in [1.29, 1.82) is 0 Å². The topological polar surface area (TPSA) is 58.5 Å². The van der Waals surface area contributed by atoms with Crippen LogP contribution in [0.5, 0.6) is 0 Å². The monoisotopic (exact) mass is 220 g/mol. The quantitative estimate of drug-likeness (QED) is 0.760. The van der Waals surface area contributed by atoms with E-state index in [1.165, 1.54) is 31.6 Å². The maximum absolute atomic E-state index is 11.8. The van der Waals surface area contributed by atoms with Gasteiger partial charge in [0.1, 0.15) is 0 Å². The van der Waals surface area contributed by atoms with Crippen molar-refractivity contribution < 1.29 is 9.59 Å². The molecule has 1 aliphatic heterocycles.